The van der Waals surface area contributed by atoms with E-state index in [1.807, 2.05) is 5.38 Å². The van der Waals surface area contributed by atoms with Gasteiger partial charge in [0.1, 0.15) is 11.0 Å². The Morgan fingerprint density at radius 3 is 2.83 bits per heavy atom. The number of hydrogen-bond donors (Lipinski definition) is 0. The molecule has 6 nitrogen and oxygen atoms in total. The molecule has 0 spiro atoms. The minimum absolute atomic E-state index is 0.172. The van der Waals surface area contributed by atoms with Crippen LogP contribution in [0.4, 0.5) is 5.82 Å². The number of nitro groups is 1. The molecule has 0 aliphatic carbocycles. The third kappa shape index (κ3) is 2.75. The Balaban J connectivity index is 2.18. The van der Waals surface area contributed by atoms with Gasteiger partial charge in [0.05, 0.1) is 22.0 Å². The SMILES string of the molecule is CC(C)c1nc(Cn2cc(Br)c([N+](=O)[O-])n2)cs1. The lowest BCUT2D eigenvalue weighted by Gasteiger charge is -1.96. The second kappa shape index (κ2) is 5.15. The van der Waals surface area contributed by atoms with E-state index in [9.17, 15) is 10.1 Å². The number of halogens is 1. The molecule has 2 rings (SSSR count). The van der Waals surface area contributed by atoms with Gasteiger partial charge in [0.25, 0.3) is 0 Å². The topological polar surface area (TPSA) is 73.8 Å². The Labute approximate surface area is 116 Å². The summed E-state index contributed by atoms with van der Waals surface area (Å²) in [5, 5.41) is 17.6. The van der Waals surface area contributed by atoms with Crippen LogP contribution in [0.15, 0.2) is 16.0 Å². The number of thiazole rings is 1. The molecule has 0 amide bonds. The van der Waals surface area contributed by atoms with Crippen molar-refractivity contribution >= 4 is 33.1 Å². The highest BCUT2D eigenvalue weighted by Crippen LogP contribution is 2.23. The summed E-state index contributed by atoms with van der Waals surface area (Å²) in [6.07, 6.45) is 1.59. The zero-order chi connectivity index (χ0) is 13.3. The van der Waals surface area contributed by atoms with Crippen molar-refractivity contribution < 1.29 is 4.92 Å². The summed E-state index contributed by atoms with van der Waals surface area (Å²) in [4.78, 5) is 14.6. The van der Waals surface area contributed by atoms with Gasteiger partial charge in [0.2, 0.25) is 0 Å². The van der Waals surface area contributed by atoms with Crippen LogP contribution in [0.3, 0.4) is 0 Å². The van der Waals surface area contributed by atoms with Crippen LogP contribution in [0, 0.1) is 10.1 Å². The summed E-state index contributed by atoms with van der Waals surface area (Å²) in [7, 11) is 0. The second-order valence-electron chi connectivity index (χ2n) is 4.09. The molecule has 0 bridgehead atoms. The molecule has 2 heterocycles. The van der Waals surface area contributed by atoms with Crippen molar-refractivity contribution in [3.63, 3.8) is 0 Å². The Kier molecular flexibility index (Phi) is 3.76. The molecule has 0 saturated heterocycles. The van der Waals surface area contributed by atoms with Crippen molar-refractivity contribution in [2.45, 2.75) is 26.3 Å². The molecule has 0 atom stereocenters. The number of aromatic nitrogens is 3. The normalized spacial score (nSPS) is 11.1. The quantitative estimate of drug-likeness (QED) is 0.637. The van der Waals surface area contributed by atoms with E-state index in [1.54, 1.807) is 17.5 Å². The number of nitrogens with zero attached hydrogens (tertiary/aromatic N) is 4. The molecule has 0 aliphatic rings. The first-order chi connectivity index (χ1) is 8.47. The maximum atomic E-state index is 10.7. The fourth-order valence-electron chi connectivity index (χ4n) is 1.42. The molecule has 2 aromatic rings. The Morgan fingerprint density at radius 2 is 2.33 bits per heavy atom. The molecule has 0 aromatic carbocycles. The van der Waals surface area contributed by atoms with Gasteiger partial charge >= 0.3 is 5.82 Å². The standard InChI is InChI=1S/C10H11BrN4O2S/c1-6(2)10-12-7(5-18-10)3-14-4-8(11)9(13-14)15(16)17/h4-6H,3H2,1-2H3. The first kappa shape index (κ1) is 13.2. The van der Waals surface area contributed by atoms with Crippen LogP contribution in [-0.4, -0.2) is 19.7 Å². The van der Waals surface area contributed by atoms with E-state index in [1.165, 1.54) is 4.68 Å². The van der Waals surface area contributed by atoms with Gasteiger partial charge in [-0.15, -0.1) is 11.3 Å². The van der Waals surface area contributed by atoms with Crippen LogP contribution >= 0.6 is 27.3 Å². The monoisotopic (exact) mass is 330 g/mol. The van der Waals surface area contributed by atoms with Crippen LogP contribution in [0.5, 0.6) is 0 Å². The summed E-state index contributed by atoms with van der Waals surface area (Å²) in [6.45, 7) is 4.60. The summed E-state index contributed by atoms with van der Waals surface area (Å²) in [6, 6.07) is 0. The minimum atomic E-state index is -0.513. The molecule has 2 aromatic heterocycles. The summed E-state index contributed by atoms with van der Waals surface area (Å²) >= 11 is 4.71. The lowest BCUT2D eigenvalue weighted by atomic mass is 10.2. The molecule has 0 fully saturated rings. The molecule has 0 radical (unpaired) electrons. The molecule has 0 aliphatic heterocycles. The van der Waals surface area contributed by atoms with Gasteiger partial charge < -0.3 is 10.1 Å². The largest absolute Gasteiger partial charge is 0.404 e. The van der Waals surface area contributed by atoms with Gasteiger partial charge in [-0.1, -0.05) is 13.8 Å². The summed E-state index contributed by atoms with van der Waals surface area (Å²) in [5.41, 5.74) is 0.869. The average molecular weight is 331 g/mol. The van der Waals surface area contributed by atoms with E-state index in [2.05, 4.69) is 39.9 Å². The van der Waals surface area contributed by atoms with Crippen molar-refractivity contribution in [1.82, 2.24) is 14.8 Å². The highest BCUT2D eigenvalue weighted by atomic mass is 79.9. The summed E-state index contributed by atoms with van der Waals surface area (Å²) in [5.74, 6) is 0.219. The highest BCUT2D eigenvalue weighted by Gasteiger charge is 2.19. The van der Waals surface area contributed by atoms with Crippen LogP contribution in [0.1, 0.15) is 30.5 Å². The van der Waals surface area contributed by atoms with Crippen LogP contribution < -0.4 is 0 Å². The third-order valence-electron chi connectivity index (χ3n) is 2.26. The fourth-order valence-corrected chi connectivity index (χ4v) is 2.70. The Hall–Kier alpha value is -1.28. The van der Waals surface area contributed by atoms with Crippen molar-refractivity contribution in [2.24, 2.45) is 0 Å². The van der Waals surface area contributed by atoms with Gasteiger partial charge in [0, 0.05) is 11.3 Å². The molecule has 0 saturated carbocycles. The van der Waals surface area contributed by atoms with E-state index in [-0.39, 0.29) is 5.82 Å². The van der Waals surface area contributed by atoms with Gasteiger partial charge in [-0.25, -0.2) is 4.98 Å². The third-order valence-corrected chi connectivity index (χ3v) is 4.01. The van der Waals surface area contributed by atoms with Crippen molar-refractivity contribution in [3.8, 4) is 0 Å². The van der Waals surface area contributed by atoms with Gasteiger partial charge in [-0.3, -0.25) is 0 Å². The van der Waals surface area contributed by atoms with Gasteiger partial charge in [-0.2, -0.15) is 4.68 Å². The molecule has 0 unspecified atom stereocenters. The number of hydrogen-bond acceptors (Lipinski definition) is 5. The lowest BCUT2D eigenvalue weighted by Crippen LogP contribution is -2.02. The number of rotatable bonds is 4. The predicted octanol–water partition coefficient (Wildman–Crippen LogP) is 3.18. The fraction of sp³-hybridized carbons (Fsp3) is 0.400. The molecular weight excluding hydrogens is 320 g/mol. The average Bonchev–Trinajstić information content (AvgIpc) is 2.86. The van der Waals surface area contributed by atoms with Crippen molar-refractivity contribution in [2.75, 3.05) is 0 Å². The zero-order valence-corrected chi connectivity index (χ0v) is 12.2. The molecule has 0 N–H and O–H groups in total. The molecule has 18 heavy (non-hydrogen) atoms. The Morgan fingerprint density at radius 1 is 1.61 bits per heavy atom. The van der Waals surface area contributed by atoms with Crippen molar-refractivity contribution in [1.29, 1.82) is 0 Å². The molecule has 8 heteroatoms. The van der Waals surface area contributed by atoms with Gasteiger partial charge in [0.15, 0.2) is 0 Å². The van der Waals surface area contributed by atoms with Crippen LogP contribution in [0.25, 0.3) is 0 Å². The smallest absolute Gasteiger partial charge is 0.358 e. The van der Waals surface area contributed by atoms with E-state index >= 15 is 0 Å². The highest BCUT2D eigenvalue weighted by molar-refractivity contribution is 9.10. The zero-order valence-electron chi connectivity index (χ0n) is 9.83. The van der Waals surface area contributed by atoms with Crippen LogP contribution in [0.2, 0.25) is 0 Å². The van der Waals surface area contributed by atoms with Gasteiger partial charge in [-0.05, 0) is 20.9 Å². The minimum Gasteiger partial charge on any atom is -0.358 e. The molecule has 96 valence electrons. The summed E-state index contributed by atoms with van der Waals surface area (Å²) < 4.78 is 1.90. The first-order valence-electron chi connectivity index (χ1n) is 5.29. The van der Waals surface area contributed by atoms with Crippen LogP contribution in [-0.2, 0) is 6.54 Å². The predicted molar refractivity (Wildman–Crippen MR) is 71.9 cm³/mol. The Bertz CT molecular complexity index is 578. The van der Waals surface area contributed by atoms with E-state index in [0.717, 1.165) is 10.7 Å². The first-order valence-corrected chi connectivity index (χ1v) is 6.96. The van der Waals surface area contributed by atoms with E-state index in [4.69, 9.17) is 0 Å². The molecular formula is C10H11BrN4O2S. The van der Waals surface area contributed by atoms with E-state index < -0.39 is 4.92 Å². The maximum absolute atomic E-state index is 10.7. The van der Waals surface area contributed by atoms with E-state index in [0.29, 0.717) is 16.9 Å². The lowest BCUT2D eigenvalue weighted by molar-refractivity contribution is -0.390. The second-order valence-corrected chi connectivity index (χ2v) is 5.83. The van der Waals surface area contributed by atoms with Crippen molar-refractivity contribution in [3.05, 3.63) is 36.9 Å². The maximum Gasteiger partial charge on any atom is 0.404 e.